The van der Waals surface area contributed by atoms with E-state index < -0.39 is 0 Å². The lowest BCUT2D eigenvalue weighted by Gasteiger charge is -2.24. The van der Waals surface area contributed by atoms with Crippen LogP contribution in [0.5, 0.6) is 0 Å². The van der Waals surface area contributed by atoms with Crippen LogP contribution in [-0.4, -0.2) is 9.55 Å². The fraction of sp³-hybridized carbons (Fsp3) is 0.400. The first-order valence-electron chi connectivity index (χ1n) is 6.53. The Balaban J connectivity index is 1.89. The van der Waals surface area contributed by atoms with Crippen LogP contribution in [0.25, 0.3) is 0 Å². The molecule has 0 aliphatic carbocycles. The van der Waals surface area contributed by atoms with Gasteiger partial charge in [0.1, 0.15) is 5.82 Å². The van der Waals surface area contributed by atoms with Crippen molar-refractivity contribution >= 4 is 11.6 Å². The molecule has 0 saturated heterocycles. The molecule has 94 valence electrons. The third-order valence-electron chi connectivity index (χ3n) is 3.72. The summed E-state index contributed by atoms with van der Waals surface area (Å²) in [5, 5.41) is 0.789. The van der Waals surface area contributed by atoms with Crippen LogP contribution in [0.4, 0.5) is 0 Å². The molecule has 2 nitrogen and oxygen atoms in total. The zero-order valence-electron chi connectivity index (χ0n) is 10.6. The molecule has 3 rings (SSSR count). The molecule has 2 heterocycles. The van der Waals surface area contributed by atoms with Crippen molar-refractivity contribution in [2.24, 2.45) is 0 Å². The number of imidazole rings is 1. The highest BCUT2D eigenvalue weighted by atomic mass is 35.5. The average Bonchev–Trinajstić information content (AvgIpc) is 2.77. The molecule has 1 atom stereocenters. The summed E-state index contributed by atoms with van der Waals surface area (Å²) in [6, 6.07) is 8.63. The lowest BCUT2D eigenvalue weighted by Crippen LogP contribution is -2.17. The highest BCUT2D eigenvalue weighted by molar-refractivity contribution is 6.30. The second-order valence-corrected chi connectivity index (χ2v) is 5.52. The van der Waals surface area contributed by atoms with E-state index >= 15 is 0 Å². The molecule has 1 aliphatic heterocycles. The van der Waals surface area contributed by atoms with Gasteiger partial charge in [0, 0.05) is 29.4 Å². The van der Waals surface area contributed by atoms with Crippen molar-refractivity contribution in [3.63, 3.8) is 0 Å². The van der Waals surface area contributed by atoms with E-state index in [0.29, 0.717) is 6.04 Å². The fourth-order valence-corrected chi connectivity index (χ4v) is 2.91. The molecule has 0 fully saturated rings. The van der Waals surface area contributed by atoms with E-state index in [-0.39, 0.29) is 0 Å². The van der Waals surface area contributed by atoms with Crippen molar-refractivity contribution in [2.45, 2.75) is 38.6 Å². The van der Waals surface area contributed by atoms with Crippen LogP contribution in [0.15, 0.2) is 30.5 Å². The maximum atomic E-state index is 5.91. The minimum atomic E-state index is 0.582. The lowest BCUT2D eigenvalue weighted by atomic mass is 10.0. The summed E-state index contributed by atoms with van der Waals surface area (Å²) in [5.74, 6) is 1.18. The highest BCUT2D eigenvalue weighted by Gasteiger charge is 2.19. The summed E-state index contributed by atoms with van der Waals surface area (Å²) in [6.45, 7) is 2.29. The van der Waals surface area contributed by atoms with E-state index in [4.69, 9.17) is 11.6 Å². The van der Waals surface area contributed by atoms with Gasteiger partial charge in [0.25, 0.3) is 0 Å². The summed E-state index contributed by atoms with van der Waals surface area (Å²) in [4.78, 5) is 4.60. The largest absolute Gasteiger partial charge is 0.329 e. The monoisotopic (exact) mass is 260 g/mol. The van der Waals surface area contributed by atoms with Gasteiger partial charge in [-0.25, -0.2) is 4.98 Å². The average molecular weight is 261 g/mol. The van der Waals surface area contributed by atoms with Crippen molar-refractivity contribution < 1.29 is 0 Å². The summed E-state index contributed by atoms with van der Waals surface area (Å²) in [6.07, 6.45) is 6.64. The van der Waals surface area contributed by atoms with Gasteiger partial charge in [-0.3, -0.25) is 0 Å². The van der Waals surface area contributed by atoms with Crippen LogP contribution in [0.2, 0.25) is 5.02 Å². The van der Waals surface area contributed by atoms with Gasteiger partial charge in [-0.05, 0) is 43.9 Å². The lowest BCUT2D eigenvalue weighted by molar-refractivity contribution is 0.421. The minimum Gasteiger partial charge on any atom is -0.329 e. The van der Waals surface area contributed by atoms with Gasteiger partial charge < -0.3 is 4.57 Å². The van der Waals surface area contributed by atoms with Crippen LogP contribution in [-0.2, 0) is 12.8 Å². The van der Waals surface area contributed by atoms with Crippen LogP contribution >= 0.6 is 11.6 Å². The Morgan fingerprint density at radius 3 is 2.89 bits per heavy atom. The molecule has 2 aromatic rings. The molecular weight excluding hydrogens is 244 g/mol. The minimum absolute atomic E-state index is 0.582. The number of aromatic nitrogens is 2. The third-order valence-corrected chi connectivity index (χ3v) is 3.97. The molecule has 0 spiro atoms. The second-order valence-electron chi connectivity index (χ2n) is 5.08. The number of benzene rings is 1. The Morgan fingerprint density at radius 2 is 2.11 bits per heavy atom. The van der Waals surface area contributed by atoms with Gasteiger partial charge in [0.15, 0.2) is 0 Å². The maximum absolute atomic E-state index is 5.91. The molecule has 0 amide bonds. The third kappa shape index (κ3) is 2.17. The number of rotatable bonds is 2. The zero-order valence-corrected chi connectivity index (χ0v) is 11.3. The first-order chi connectivity index (χ1) is 8.74. The van der Waals surface area contributed by atoms with Crippen LogP contribution in [0.3, 0.4) is 0 Å². The number of hydrogen-bond donors (Lipinski definition) is 0. The predicted molar refractivity (Wildman–Crippen MR) is 74.1 cm³/mol. The van der Waals surface area contributed by atoms with Gasteiger partial charge >= 0.3 is 0 Å². The second kappa shape index (κ2) is 4.77. The van der Waals surface area contributed by atoms with Crippen molar-refractivity contribution in [1.82, 2.24) is 9.55 Å². The van der Waals surface area contributed by atoms with Crippen molar-refractivity contribution in [1.29, 1.82) is 0 Å². The Bertz CT molecular complexity index is 542. The zero-order chi connectivity index (χ0) is 12.5. The van der Waals surface area contributed by atoms with Crippen molar-refractivity contribution in [2.75, 3.05) is 0 Å². The number of hydrogen-bond acceptors (Lipinski definition) is 1. The maximum Gasteiger partial charge on any atom is 0.113 e. The van der Waals surface area contributed by atoms with E-state index in [2.05, 4.69) is 28.6 Å². The standard InChI is InChI=1S/C15H17ClN2/c1-11-3-2-4-14-10-17-15(18(11)14)9-12-5-7-13(16)8-6-12/h5-8,10-11H,2-4,9H2,1H3. The van der Waals surface area contributed by atoms with E-state index in [1.54, 1.807) is 0 Å². The van der Waals surface area contributed by atoms with Crippen molar-refractivity contribution in [3.05, 3.63) is 52.6 Å². The Morgan fingerprint density at radius 1 is 1.33 bits per heavy atom. The quantitative estimate of drug-likeness (QED) is 0.797. The molecular formula is C15H17ClN2. The first kappa shape index (κ1) is 11.8. The first-order valence-corrected chi connectivity index (χ1v) is 6.91. The van der Waals surface area contributed by atoms with Crippen molar-refractivity contribution in [3.8, 4) is 0 Å². The molecule has 1 aromatic carbocycles. The van der Waals surface area contributed by atoms with Crippen LogP contribution < -0.4 is 0 Å². The van der Waals surface area contributed by atoms with Gasteiger partial charge in [-0.2, -0.15) is 0 Å². The van der Waals surface area contributed by atoms with E-state index in [9.17, 15) is 0 Å². The number of halogens is 1. The normalized spacial score (nSPS) is 18.7. The molecule has 1 unspecified atom stereocenters. The predicted octanol–water partition coefficient (Wildman–Crippen LogP) is 4.02. The highest BCUT2D eigenvalue weighted by Crippen LogP contribution is 2.27. The molecule has 0 saturated carbocycles. The van der Waals surface area contributed by atoms with E-state index in [1.807, 2.05) is 18.3 Å². The molecule has 1 aliphatic rings. The number of fused-ring (bicyclic) bond motifs is 1. The SMILES string of the molecule is CC1CCCc2cnc(Cc3ccc(Cl)cc3)n21. The van der Waals surface area contributed by atoms with Crippen LogP contribution in [0.1, 0.15) is 42.9 Å². The summed E-state index contributed by atoms with van der Waals surface area (Å²) >= 11 is 5.91. The van der Waals surface area contributed by atoms with Gasteiger partial charge in [-0.15, -0.1) is 0 Å². The van der Waals surface area contributed by atoms with E-state index in [1.165, 1.54) is 29.9 Å². The van der Waals surface area contributed by atoms with Gasteiger partial charge in [0.2, 0.25) is 0 Å². The summed E-state index contributed by atoms with van der Waals surface area (Å²) in [5.41, 5.74) is 2.66. The van der Waals surface area contributed by atoms with Crippen LogP contribution in [0, 0.1) is 0 Å². The molecule has 3 heteroatoms. The number of aryl methyl sites for hydroxylation is 1. The fourth-order valence-electron chi connectivity index (χ4n) is 2.79. The Labute approximate surface area is 113 Å². The molecule has 1 aromatic heterocycles. The van der Waals surface area contributed by atoms with Gasteiger partial charge in [0.05, 0.1) is 0 Å². The topological polar surface area (TPSA) is 17.8 Å². The molecule has 0 radical (unpaired) electrons. The summed E-state index contributed by atoms with van der Waals surface area (Å²) in [7, 11) is 0. The Hall–Kier alpha value is -1.28. The Kier molecular flexibility index (Phi) is 3.13. The van der Waals surface area contributed by atoms with E-state index in [0.717, 1.165) is 17.9 Å². The summed E-state index contributed by atoms with van der Waals surface area (Å²) < 4.78 is 2.41. The smallest absolute Gasteiger partial charge is 0.113 e. The molecule has 0 bridgehead atoms. The molecule has 18 heavy (non-hydrogen) atoms. The molecule has 0 N–H and O–H groups in total. The van der Waals surface area contributed by atoms with Gasteiger partial charge in [-0.1, -0.05) is 23.7 Å². The number of nitrogens with zero attached hydrogens (tertiary/aromatic N) is 2.